The minimum atomic E-state index is -4.10. The van der Waals surface area contributed by atoms with E-state index in [4.69, 9.17) is 0 Å². The van der Waals surface area contributed by atoms with E-state index in [1.54, 1.807) is 35.2 Å². The lowest BCUT2D eigenvalue weighted by Crippen LogP contribution is -2.53. The van der Waals surface area contributed by atoms with Gasteiger partial charge in [0.25, 0.3) is 10.0 Å². The number of hydrogen-bond acceptors (Lipinski definition) is 4. The lowest BCUT2D eigenvalue weighted by atomic mass is 10.1. The van der Waals surface area contributed by atoms with Gasteiger partial charge in [-0.15, -0.1) is 0 Å². The monoisotopic (exact) mass is 589 g/mol. The second-order valence-corrected chi connectivity index (χ2v) is 13.4. The van der Waals surface area contributed by atoms with Gasteiger partial charge in [0.2, 0.25) is 11.8 Å². The Kier molecular flexibility index (Phi) is 10.1. The smallest absolute Gasteiger partial charge is 0.264 e. The van der Waals surface area contributed by atoms with Gasteiger partial charge in [0, 0.05) is 12.6 Å². The van der Waals surface area contributed by atoms with E-state index in [1.165, 1.54) is 4.31 Å². The van der Waals surface area contributed by atoms with E-state index >= 15 is 0 Å². The normalized spacial score (nSPS) is 14.4. The zero-order chi connectivity index (χ0) is 30.4. The van der Waals surface area contributed by atoms with Crippen LogP contribution in [-0.4, -0.2) is 43.8 Å². The number of hydrogen-bond donors (Lipinski definition) is 1. The fourth-order valence-electron chi connectivity index (χ4n) is 5.61. The van der Waals surface area contributed by atoms with Gasteiger partial charge < -0.3 is 10.2 Å². The van der Waals surface area contributed by atoms with Crippen molar-refractivity contribution in [2.75, 3.05) is 10.8 Å². The number of rotatable bonds is 11. The number of carbonyl (C=O) groups is 2. The molecule has 1 saturated carbocycles. The molecule has 0 aliphatic heterocycles. The molecular weight excluding hydrogens is 546 g/mol. The van der Waals surface area contributed by atoms with Gasteiger partial charge in [-0.25, -0.2) is 8.42 Å². The Labute approximate surface area is 251 Å². The maximum atomic E-state index is 14.3. The number of carbonyl (C=O) groups excluding carboxylic acids is 2. The Morgan fingerprint density at radius 3 is 2.00 bits per heavy atom. The Bertz CT molecular complexity index is 1490. The fraction of sp³-hybridized carbons (Fsp3) is 0.412. The van der Waals surface area contributed by atoms with Crippen LogP contribution in [0.5, 0.6) is 0 Å². The molecule has 2 amide bonds. The number of aryl methyl sites for hydroxylation is 4. The third kappa shape index (κ3) is 7.40. The average molecular weight is 590 g/mol. The average Bonchev–Trinajstić information content (AvgIpc) is 3.46. The topological polar surface area (TPSA) is 86.8 Å². The lowest BCUT2D eigenvalue weighted by molar-refractivity contribution is -0.140. The van der Waals surface area contributed by atoms with Crippen LogP contribution in [0.15, 0.2) is 71.6 Å². The van der Waals surface area contributed by atoms with E-state index in [1.807, 2.05) is 71.0 Å². The predicted molar refractivity (Wildman–Crippen MR) is 168 cm³/mol. The number of nitrogens with zero attached hydrogens (tertiary/aromatic N) is 2. The maximum Gasteiger partial charge on any atom is 0.264 e. The molecule has 0 bridgehead atoms. The highest BCUT2D eigenvalue weighted by Gasteiger charge is 2.35. The van der Waals surface area contributed by atoms with E-state index in [0.29, 0.717) is 12.1 Å². The molecule has 1 aliphatic carbocycles. The maximum absolute atomic E-state index is 14.3. The molecule has 8 heteroatoms. The molecule has 0 heterocycles. The summed E-state index contributed by atoms with van der Waals surface area (Å²) in [6, 6.07) is 19.4. The van der Waals surface area contributed by atoms with Crippen LogP contribution in [-0.2, 0) is 26.2 Å². The number of benzene rings is 3. The van der Waals surface area contributed by atoms with Crippen molar-refractivity contribution in [3.05, 3.63) is 94.5 Å². The first-order chi connectivity index (χ1) is 20.0. The van der Waals surface area contributed by atoms with Crippen LogP contribution in [0.3, 0.4) is 0 Å². The molecular formula is C34H43N3O4S. The Morgan fingerprint density at radius 2 is 1.43 bits per heavy atom. The molecule has 0 spiro atoms. The van der Waals surface area contributed by atoms with Gasteiger partial charge in [0.05, 0.1) is 10.6 Å². The summed E-state index contributed by atoms with van der Waals surface area (Å²) in [5, 5.41) is 3.16. The summed E-state index contributed by atoms with van der Waals surface area (Å²) in [5.41, 5.74) is 5.08. The largest absolute Gasteiger partial charge is 0.352 e. The summed E-state index contributed by atoms with van der Waals surface area (Å²) in [6.45, 7) is 9.33. The molecule has 0 saturated heterocycles. The fourth-order valence-corrected chi connectivity index (χ4v) is 7.09. The summed E-state index contributed by atoms with van der Waals surface area (Å²) in [5.74, 6) is -0.621. The highest BCUT2D eigenvalue weighted by Crippen LogP contribution is 2.29. The van der Waals surface area contributed by atoms with Crippen molar-refractivity contribution in [3.63, 3.8) is 0 Å². The predicted octanol–water partition coefficient (Wildman–Crippen LogP) is 5.98. The van der Waals surface area contributed by atoms with Gasteiger partial charge in [-0.1, -0.05) is 85.0 Å². The third-order valence-corrected chi connectivity index (χ3v) is 9.84. The van der Waals surface area contributed by atoms with Crippen LogP contribution in [0.1, 0.15) is 66.8 Å². The van der Waals surface area contributed by atoms with E-state index in [0.717, 1.165) is 53.5 Å². The number of anilines is 1. The first-order valence-electron chi connectivity index (χ1n) is 14.8. The molecule has 1 atom stereocenters. The van der Waals surface area contributed by atoms with Crippen molar-refractivity contribution in [2.45, 2.75) is 90.2 Å². The van der Waals surface area contributed by atoms with Crippen LogP contribution in [0.4, 0.5) is 5.69 Å². The zero-order valence-corrected chi connectivity index (χ0v) is 26.2. The SMILES string of the molecule is CC[C@@H](C(=O)NC1CCCC1)N(Cc1ccc(C)cc1)C(=O)CN(c1ccc(C)cc1C)S(=O)(=O)c1ccc(C)cc1. The van der Waals surface area contributed by atoms with Crippen LogP contribution in [0.25, 0.3) is 0 Å². The van der Waals surface area contributed by atoms with Gasteiger partial charge in [-0.3, -0.25) is 13.9 Å². The number of nitrogens with one attached hydrogen (secondary N) is 1. The second-order valence-electron chi connectivity index (χ2n) is 11.5. The molecule has 4 rings (SSSR count). The molecule has 1 aliphatic rings. The molecule has 3 aromatic rings. The van der Waals surface area contributed by atoms with Crippen LogP contribution >= 0.6 is 0 Å². The molecule has 7 nitrogen and oxygen atoms in total. The zero-order valence-electron chi connectivity index (χ0n) is 25.4. The Hall–Kier alpha value is -3.65. The number of sulfonamides is 1. The highest BCUT2D eigenvalue weighted by atomic mass is 32.2. The molecule has 224 valence electrons. The van der Waals surface area contributed by atoms with E-state index in [2.05, 4.69) is 5.32 Å². The quantitative estimate of drug-likeness (QED) is 0.298. The van der Waals surface area contributed by atoms with E-state index in [-0.39, 0.29) is 23.4 Å². The molecule has 3 aromatic carbocycles. The molecule has 42 heavy (non-hydrogen) atoms. The van der Waals surface area contributed by atoms with Crippen LogP contribution in [0.2, 0.25) is 0 Å². The van der Waals surface area contributed by atoms with Crippen molar-refractivity contribution in [2.24, 2.45) is 0 Å². The van der Waals surface area contributed by atoms with Crippen molar-refractivity contribution < 1.29 is 18.0 Å². The minimum absolute atomic E-state index is 0.108. The van der Waals surface area contributed by atoms with Crippen molar-refractivity contribution in [1.29, 1.82) is 0 Å². The highest BCUT2D eigenvalue weighted by molar-refractivity contribution is 7.92. The first kappa shape index (κ1) is 31.3. The van der Waals surface area contributed by atoms with Crippen molar-refractivity contribution in [3.8, 4) is 0 Å². The van der Waals surface area contributed by atoms with Gasteiger partial charge >= 0.3 is 0 Å². The summed E-state index contributed by atoms with van der Waals surface area (Å²) in [7, 11) is -4.10. The summed E-state index contributed by atoms with van der Waals surface area (Å²) < 4.78 is 29.4. The molecule has 0 unspecified atom stereocenters. The van der Waals surface area contributed by atoms with Crippen molar-refractivity contribution in [1.82, 2.24) is 10.2 Å². The number of amides is 2. The summed E-state index contributed by atoms with van der Waals surface area (Å²) in [4.78, 5) is 29.5. The molecule has 0 aromatic heterocycles. The Morgan fingerprint density at radius 1 is 0.857 bits per heavy atom. The Balaban J connectivity index is 1.73. The van der Waals surface area contributed by atoms with Gasteiger partial charge in [0.15, 0.2) is 0 Å². The first-order valence-corrected chi connectivity index (χ1v) is 16.3. The minimum Gasteiger partial charge on any atom is -0.352 e. The third-order valence-electron chi connectivity index (χ3n) is 8.07. The van der Waals surface area contributed by atoms with Gasteiger partial charge in [-0.05, 0) is 76.3 Å². The lowest BCUT2D eigenvalue weighted by Gasteiger charge is -2.34. The van der Waals surface area contributed by atoms with E-state index in [9.17, 15) is 18.0 Å². The standard InChI is InChI=1S/C34H43N3O4S/c1-6-31(34(39)35-29-9-7-8-10-29)36(22-28-16-11-24(2)12-17-28)33(38)23-37(32-20-15-26(4)21-27(32)5)42(40,41)30-18-13-25(3)14-19-30/h11-21,29,31H,6-10,22-23H2,1-5H3,(H,35,39)/t31-/m0/s1. The van der Waals surface area contributed by atoms with Crippen LogP contribution in [0, 0.1) is 27.7 Å². The molecule has 1 fully saturated rings. The second kappa shape index (κ2) is 13.6. The molecule has 0 radical (unpaired) electrons. The van der Waals surface area contributed by atoms with Gasteiger partial charge in [-0.2, -0.15) is 0 Å². The van der Waals surface area contributed by atoms with Crippen molar-refractivity contribution >= 4 is 27.5 Å². The van der Waals surface area contributed by atoms with Gasteiger partial charge in [0.1, 0.15) is 12.6 Å². The summed E-state index contributed by atoms with van der Waals surface area (Å²) >= 11 is 0. The summed E-state index contributed by atoms with van der Waals surface area (Å²) in [6.07, 6.45) is 4.43. The van der Waals surface area contributed by atoms with E-state index < -0.39 is 28.5 Å². The van der Waals surface area contributed by atoms with Crippen LogP contribution < -0.4 is 9.62 Å². The molecule has 1 N–H and O–H groups in total.